The van der Waals surface area contributed by atoms with E-state index in [9.17, 15) is 4.79 Å². The molecular formula is C15H19NO2. The fourth-order valence-electron chi connectivity index (χ4n) is 3.14. The van der Waals surface area contributed by atoms with Crippen LogP contribution in [-0.4, -0.2) is 30.6 Å². The van der Waals surface area contributed by atoms with E-state index in [1.54, 1.807) is 0 Å². The quantitative estimate of drug-likeness (QED) is 0.761. The van der Waals surface area contributed by atoms with Crippen LogP contribution in [-0.2, 0) is 16.1 Å². The summed E-state index contributed by atoms with van der Waals surface area (Å²) in [6.07, 6.45) is 1.02. The van der Waals surface area contributed by atoms with E-state index in [4.69, 9.17) is 4.74 Å². The Morgan fingerprint density at radius 1 is 1.44 bits per heavy atom. The highest BCUT2D eigenvalue weighted by Gasteiger charge is 2.65. The van der Waals surface area contributed by atoms with Crippen molar-refractivity contribution in [3.63, 3.8) is 0 Å². The number of fused-ring (bicyclic) bond motifs is 1. The molecule has 1 saturated heterocycles. The molecule has 1 aromatic rings. The number of nitrogens with zero attached hydrogens (tertiary/aromatic N) is 1. The third-order valence-corrected chi connectivity index (χ3v) is 4.15. The smallest absolute Gasteiger partial charge is 0.313 e. The zero-order valence-corrected chi connectivity index (χ0v) is 10.8. The van der Waals surface area contributed by atoms with Crippen LogP contribution in [0.2, 0.25) is 0 Å². The second-order valence-corrected chi connectivity index (χ2v) is 5.43. The van der Waals surface area contributed by atoms with Crippen LogP contribution in [0.3, 0.4) is 0 Å². The molecule has 0 aromatic heterocycles. The van der Waals surface area contributed by atoms with E-state index in [0.29, 0.717) is 12.5 Å². The first-order valence-electron chi connectivity index (χ1n) is 6.68. The van der Waals surface area contributed by atoms with Gasteiger partial charge in [-0.15, -0.1) is 0 Å². The lowest BCUT2D eigenvalue weighted by Crippen LogP contribution is -2.29. The van der Waals surface area contributed by atoms with Gasteiger partial charge in [-0.2, -0.15) is 0 Å². The number of likely N-dealkylation sites (tertiary alicyclic amines) is 1. The highest BCUT2D eigenvalue weighted by Crippen LogP contribution is 2.58. The molecule has 0 amide bonds. The van der Waals surface area contributed by atoms with E-state index in [2.05, 4.69) is 29.2 Å². The SMILES string of the molecule is CCOC(=O)[C@]12C[C@H]1CN(Cc1ccccc1)C2. The average molecular weight is 245 g/mol. The number of hydrogen-bond acceptors (Lipinski definition) is 3. The molecule has 0 N–H and O–H groups in total. The highest BCUT2D eigenvalue weighted by molar-refractivity contribution is 5.81. The van der Waals surface area contributed by atoms with Crippen molar-refractivity contribution >= 4 is 5.97 Å². The highest BCUT2D eigenvalue weighted by atomic mass is 16.5. The van der Waals surface area contributed by atoms with Gasteiger partial charge >= 0.3 is 5.97 Å². The third kappa shape index (κ3) is 1.93. The number of carbonyl (C=O) groups excluding carboxylic acids is 1. The molecule has 0 bridgehead atoms. The maximum absolute atomic E-state index is 12.0. The summed E-state index contributed by atoms with van der Waals surface area (Å²) in [4.78, 5) is 14.3. The van der Waals surface area contributed by atoms with Gasteiger partial charge in [0.15, 0.2) is 0 Å². The summed E-state index contributed by atoms with van der Waals surface area (Å²) >= 11 is 0. The fraction of sp³-hybridized carbons (Fsp3) is 0.533. The summed E-state index contributed by atoms with van der Waals surface area (Å²) in [5.74, 6) is 0.547. The Labute approximate surface area is 108 Å². The van der Waals surface area contributed by atoms with Crippen molar-refractivity contribution in [2.24, 2.45) is 11.3 Å². The van der Waals surface area contributed by atoms with Crippen LogP contribution in [0.5, 0.6) is 0 Å². The Hall–Kier alpha value is -1.35. The zero-order valence-electron chi connectivity index (χ0n) is 10.8. The van der Waals surface area contributed by atoms with E-state index < -0.39 is 0 Å². The van der Waals surface area contributed by atoms with E-state index in [0.717, 1.165) is 26.1 Å². The molecule has 1 heterocycles. The molecule has 1 aliphatic heterocycles. The van der Waals surface area contributed by atoms with Crippen molar-refractivity contribution in [3.05, 3.63) is 35.9 Å². The lowest BCUT2D eigenvalue weighted by Gasteiger charge is -2.19. The van der Waals surface area contributed by atoms with Crippen LogP contribution in [0.1, 0.15) is 18.9 Å². The largest absolute Gasteiger partial charge is 0.466 e. The van der Waals surface area contributed by atoms with Gasteiger partial charge in [0.2, 0.25) is 0 Å². The van der Waals surface area contributed by atoms with Crippen molar-refractivity contribution in [3.8, 4) is 0 Å². The van der Waals surface area contributed by atoms with Crippen LogP contribution in [0.25, 0.3) is 0 Å². The number of piperidine rings is 1. The summed E-state index contributed by atoms with van der Waals surface area (Å²) < 4.78 is 5.20. The zero-order chi connectivity index (χ0) is 12.6. The maximum atomic E-state index is 12.0. The molecule has 0 spiro atoms. The van der Waals surface area contributed by atoms with E-state index in [1.165, 1.54) is 5.56 Å². The monoisotopic (exact) mass is 245 g/mol. The number of ether oxygens (including phenoxy) is 1. The van der Waals surface area contributed by atoms with Gasteiger partial charge in [0, 0.05) is 19.6 Å². The molecule has 3 heteroatoms. The van der Waals surface area contributed by atoms with Crippen molar-refractivity contribution in [1.29, 1.82) is 0 Å². The van der Waals surface area contributed by atoms with Crippen LogP contribution in [0.15, 0.2) is 30.3 Å². The van der Waals surface area contributed by atoms with Gasteiger partial charge in [0.1, 0.15) is 0 Å². The van der Waals surface area contributed by atoms with Gasteiger partial charge in [-0.1, -0.05) is 30.3 Å². The van der Waals surface area contributed by atoms with E-state index >= 15 is 0 Å². The predicted molar refractivity (Wildman–Crippen MR) is 68.9 cm³/mol. The molecule has 96 valence electrons. The Kier molecular flexibility index (Phi) is 2.86. The van der Waals surface area contributed by atoms with Gasteiger partial charge in [-0.25, -0.2) is 0 Å². The minimum absolute atomic E-state index is 0.0190. The molecule has 0 radical (unpaired) electrons. The molecule has 2 atom stereocenters. The van der Waals surface area contributed by atoms with Crippen molar-refractivity contribution in [1.82, 2.24) is 4.90 Å². The molecule has 1 saturated carbocycles. The second-order valence-electron chi connectivity index (χ2n) is 5.43. The summed E-state index contributed by atoms with van der Waals surface area (Å²) in [6.45, 7) is 5.21. The van der Waals surface area contributed by atoms with E-state index in [1.807, 2.05) is 13.0 Å². The average Bonchev–Trinajstić information content (AvgIpc) is 2.95. The number of benzene rings is 1. The molecule has 2 fully saturated rings. The number of rotatable bonds is 4. The fourth-order valence-corrected chi connectivity index (χ4v) is 3.14. The maximum Gasteiger partial charge on any atom is 0.313 e. The van der Waals surface area contributed by atoms with E-state index in [-0.39, 0.29) is 11.4 Å². The molecule has 2 aliphatic rings. The third-order valence-electron chi connectivity index (χ3n) is 4.15. The molecule has 1 aliphatic carbocycles. The van der Waals surface area contributed by atoms with Gasteiger partial charge in [-0.3, -0.25) is 9.69 Å². The predicted octanol–water partition coefficient (Wildman–Crippen LogP) is 2.07. The number of carbonyl (C=O) groups is 1. The summed E-state index contributed by atoms with van der Waals surface area (Å²) in [5.41, 5.74) is 1.16. The van der Waals surface area contributed by atoms with Gasteiger partial charge in [-0.05, 0) is 24.8 Å². The lowest BCUT2D eigenvalue weighted by atomic mass is 10.1. The Morgan fingerprint density at radius 2 is 2.22 bits per heavy atom. The van der Waals surface area contributed by atoms with Crippen molar-refractivity contribution < 1.29 is 9.53 Å². The number of esters is 1. The topological polar surface area (TPSA) is 29.5 Å². The van der Waals surface area contributed by atoms with Crippen molar-refractivity contribution in [2.45, 2.75) is 19.9 Å². The molecule has 3 rings (SSSR count). The summed E-state index contributed by atoms with van der Waals surface area (Å²) in [6, 6.07) is 10.4. The first-order chi connectivity index (χ1) is 8.74. The standard InChI is InChI=1S/C15H19NO2/c1-2-18-14(17)15-8-13(15)10-16(11-15)9-12-6-4-3-5-7-12/h3-7,13H,2,8-11H2,1H3/t13-,15-/m0/s1. The first-order valence-corrected chi connectivity index (χ1v) is 6.68. The minimum atomic E-state index is -0.162. The van der Waals surface area contributed by atoms with Gasteiger partial charge in [0.25, 0.3) is 0 Å². The summed E-state index contributed by atoms with van der Waals surface area (Å²) in [5, 5.41) is 0. The molecule has 0 unspecified atom stereocenters. The van der Waals surface area contributed by atoms with Crippen molar-refractivity contribution in [2.75, 3.05) is 19.7 Å². The first kappa shape index (κ1) is 11.7. The van der Waals surface area contributed by atoms with Gasteiger partial charge in [0.05, 0.1) is 12.0 Å². The second kappa shape index (κ2) is 4.39. The molecule has 18 heavy (non-hydrogen) atoms. The lowest BCUT2D eigenvalue weighted by molar-refractivity contribution is -0.149. The normalized spacial score (nSPS) is 29.9. The van der Waals surface area contributed by atoms with Crippen LogP contribution in [0.4, 0.5) is 0 Å². The summed E-state index contributed by atoms with van der Waals surface area (Å²) in [7, 11) is 0. The van der Waals surface area contributed by atoms with Crippen LogP contribution >= 0.6 is 0 Å². The Balaban J connectivity index is 1.62. The van der Waals surface area contributed by atoms with Crippen LogP contribution in [0, 0.1) is 11.3 Å². The number of hydrogen-bond donors (Lipinski definition) is 0. The Morgan fingerprint density at radius 3 is 2.94 bits per heavy atom. The van der Waals surface area contributed by atoms with Gasteiger partial charge < -0.3 is 4.74 Å². The Bertz CT molecular complexity index is 445. The minimum Gasteiger partial charge on any atom is -0.466 e. The molecule has 3 nitrogen and oxygen atoms in total. The molecular weight excluding hydrogens is 226 g/mol. The van der Waals surface area contributed by atoms with Crippen LogP contribution < -0.4 is 0 Å². The molecule has 1 aromatic carbocycles.